The van der Waals surface area contributed by atoms with Crippen LogP contribution in [0.2, 0.25) is 5.02 Å². The maximum atomic E-state index is 12.1. The Morgan fingerprint density at radius 1 is 1.47 bits per heavy atom. The lowest BCUT2D eigenvalue weighted by Crippen LogP contribution is -2.42. The Morgan fingerprint density at radius 2 is 2.24 bits per heavy atom. The predicted octanol–water partition coefficient (Wildman–Crippen LogP) is 2.37. The summed E-state index contributed by atoms with van der Waals surface area (Å²) in [6.07, 6.45) is 1.08. The number of hydrogen-bond donors (Lipinski definition) is 1. The largest absolute Gasteiger partial charge is 0.338 e. The van der Waals surface area contributed by atoms with Gasteiger partial charge in [0, 0.05) is 24.2 Å². The first-order chi connectivity index (χ1) is 8.18. The minimum Gasteiger partial charge on any atom is -0.338 e. The van der Waals surface area contributed by atoms with Gasteiger partial charge in [0.25, 0.3) is 5.91 Å². The van der Waals surface area contributed by atoms with Crippen molar-refractivity contribution in [1.82, 2.24) is 15.1 Å². The Labute approximate surface area is 104 Å². The number of nitrogens with zero attached hydrogens (tertiary/aromatic N) is 2. The summed E-state index contributed by atoms with van der Waals surface area (Å²) in [5, 5.41) is 8.36. The number of likely N-dealkylation sites (tertiary alicyclic amines) is 1. The molecule has 1 N–H and O–H groups in total. The molecule has 1 aliphatic rings. The standard InChI is InChI=1S/C12H12ClN3O/c1-7-10-9(15-14-7)4-3-8(11(10)13)12(17)16-5-2-6-16/h3-4H,2,5-6H2,1H3,(H,14,15). The monoisotopic (exact) mass is 249 g/mol. The van der Waals surface area contributed by atoms with Gasteiger partial charge in [-0.3, -0.25) is 9.89 Å². The third-order valence-electron chi connectivity index (χ3n) is 3.21. The number of benzene rings is 1. The lowest BCUT2D eigenvalue weighted by atomic mass is 10.1. The molecule has 0 atom stereocenters. The quantitative estimate of drug-likeness (QED) is 0.844. The number of carbonyl (C=O) groups is 1. The van der Waals surface area contributed by atoms with E-state index in [9.17, 15) is 4.79 Å². The van der Waals surface area contributed by atoms with Gasteiger partial charge in [0.2, 0.25) is 0 Å². The van der Waals surface area contributed by atoms with Gasteiger partial charge in [-0.2, -0.15) is 5.10 Å². The molecule has 2 aromatic rings. The van der Waals surface area contributed by atoms with Crippen LogP contribution in [-0.4, -0.2) is 34.1 Å². The summed E-state index contributed by atoms with van der Waals surface area (Å²) in [6.45, 7) is 3.56. The molecule has 0 spiro atoms. The van der Waals surface area contributed by atoms with Crippen LogP contribution in [0.5, 0.6) is 0 Å². The molecule has 1 saturated heterocycles. The van der Waals surface area contributed by atoms with E-state index in [1.54, 1.807) is 6.07 Å². The summed E-state index contributed by atoms with van der Waals surface area (Å²) in [7, 11) is 0. The first-order valence-electron chi connectivity index (χ1n) is 5.61. The van der Waals surface area contributed by atoms with E-state index in [4.69, 9.17) is 11.6 Å². The minimum absolute atomic E-state index is 0.0174. The first-order valence-corrected chi connectivity index (χ1v) is 5.99. The summed E-state index contributed by atoms with van der Waals surface area (Å²) in [6, 6.07) is 3.59. The second kappa shape index (κ2) is 3.74. The Bertz CT molecular complexity index is 601. The van der Waals surface area contributed by atoms with E-state index in [2.05, 4.69) is 10.2 Å². The number of rotatable bonds is 1. The predicted molar refractivity (Wildman–Crippen MR) is 66.4 cm³/mol. The van der Waals surface area contributed by atoms with E-state index in [0.29, 0.717) is 10.6 Å². The molecule has 88 valence electrons. The number of H-pyrrole nitrogens is 1. The number of aromatic nitrogens is 2. The molecule has 1 amide bonds. The molecule has 4 nitrogen and oxygen atoms in total. The molecule has 1 fully saturated rings. The smallest absolute Gasteiger partial charge is 0.255 e. The van der Waals surface area contributed by atoms with Gasteiger partial charge in [0.15, 0.2) is 0 Å². The summed E-state index contributed by atoms with van der Waals surface area (Å²) >= 11 is 6.30. The summed E-state index contributed by atoms with van der Waals surface area (Å²) < 4.78 is 0. The third kappa shape index (κ3) is 1.52. The van der Waals surface area contributed by atoms with E-state index in [-0.39, 0.29) is 5.91 Å². The number of aromatic amines is 1. The van der Waals surface area contributed by atoms with Crippen LogP contribution < -0.4 is 0 Å². The van der Waals surface area contributed by atoms with Crippen molar-refractivity contribution in [2.24, 2.45) is 0 Å². The van der Waals surface area contributed by atoms with Gasteiger partial charge in [0.1, 0.15) is 0 Å². The van der Waals surface area contributed by atoms with Gasteiger partial charge in [-0.05, 0) is 25.5 Å². The fourth-order valence-electron chi connectivity index (χ4n) is 2.07. The number of fused-ring (bicyclic) bond motifs is 1. The number of aryl methyl sites for hydroxylation is 1. The zero-order valence-electron chi connectivity index (χ0n) is 9.46. The highest BCUT2D eigenvalue weighted by molar-refractivity contribution is 6.38. The molecule has 0 bridgehead atoms. The summed E-state index contributed by atoms with van der Waals surface area (Å²) in [4.78, 5) is 13.9. The fraction of sp³-hybridized carbons (Fsp3) is 0.333. The first kappa shape index (κ1) is 10.6. The maximum Gasteiger partial charge on any atom is 0.255 e. The van der Waals surface area contributed by atoms with Crippen molar-refractivity contribution < 1.29 is 4.79 Å². The average Bonchev–Trinajstić information content (AvgIpc) is 2.59. The van der Waals surface area contributed by atoms with Gasteiger partial charge in [-0.1, -0.05) is 11.6 Å². The van der Waals surface area contributed by atoms with E-state index in [1.165, 1.54) is 0 Å². The molecule has 2 heterocycles. The SMILES string of the molecule is Cc1[nH]nc2ccc(C(=O)N3CCC3)c(Cl)c12. The van der Waals surface area contributed by atoms with Crippen LogP contribution in [0.15, 0.2) is 12.1 Å². The highest BCUT2D eigenvalue weighted by Gasteiger charge is 2.24. The highest BCUT2D eigenvalue weighted by atomic mass is 35.5. The summed E-state index contributed by atoms with van der Waals surface area (Å²) in [5.41, 5.74) is 2.26. The molecular weight excluding hydrogens is 238 g/mol. The Hall–Kier alpha value is -1.55. The maximum absolute atomic E-state index is 12.1. The van der Waals surface area contributed by atoms with Crippen molar-refractivity contribution in [1.29, 1.82) is 0 Å². The van der Waals surface area contributed by atoms with E-state index < -0.39 is 0 Å². The minimum atomic E-state index is 0.0174. The van der Waals surface area contributed by atoms with Gasteiger partial charge in [-0.15, -0.1) is 0 Å². The molecule has 1 aliphatic heterocycles. The van der Waals surface area contributed by atoms with E-state index >= 15 is 0 Å². The topological polar surface area (TPSA) is 49.0 Å². The molecule has 0 aliphatic carbocycles. The molecule has 5 heteroatoms. The van der Waals surface area contributed by atoms with Crippen LogP contribution in [0.25, 0.3) is 10.9 Å². The molecule has 17 heavy (non-hydrogen) atoms. The van der Waals surface area contributed by atoms with E-state index in [0.717, 1.165) is 36.1 Å². The van der Waals surface area contributed by atoms with Crippen LogP contribution in [0.4, 0.5) is 0 Å². The van der Waals surface area contributed by atoms with Crippen LogP contribution in [0.1, 0.15) is 22.5 Å². The van der Waals surface area contributed by atoms with Crippen LogP contribution in [0.3, 0.4) is 0 Å². The number of carbonyl (C=O) groups excluding carboxylic acids is 1. The molecule has 0 unspecified atom stereocenters. The molecule has 1 aromatic carbocycles. The van der Waals surface area contributed by atoms with Crippen molar-refractivity contribution >= 4 is 28.4 Å². The Kier molecular flexibility index (Phi) is 2.33. The third-order valence-corrected chi connectivity index (χ3v) is 3.61. The van der Waals surface area contributed by atoms with Gasteiger partial charge in [0.05, 0.1) is 16.1 Å². The van der Waals surface area contributed by atoms with Crippen LogP contribution in [0, 0.1) is 6.92 Å². The molecule has 0 saturated carbocycles. The molecule has 0 radical (unpaired) electrons. The number of halogens is 1. The molecule has 3 rings (SSSR count). The Balaban J connectivity index is 2.13. The van der Waals surface area contributed by atoms with Crippen LogP contribution in [-0.2, 0) is 0 Å². The van der Waals surface area contributed by atoms with Crippen molar-refractivity contribution in [3.63, 3.8) is 0 Å². The molecule has 1 aromatic heterocycles. The second-order valence-electron chi connectivity index (χ2n) is 4.32. The number of nitrogens with one attached hydrogen (secondary N) is 1. The zero-order valence-corrected chi connectivity index (χ0v) is 10.2. The van der Waals surface area contributed by atoms with Crippen molar-refractivity contribution in [3.05, 3.63) is 28.4 Å². The van der Waals surface area contributed by atoms with Gasteiger partial charge >= 0.3 is 0 Å². The Morgan fingerprint density at radius 3 is 2.88 bits per heavy atom. The van der Waals surface area contributed by atoms with Gasteiger partial charge in [-0.25, -0.2) is 0 Å². The number of amides is 1. The zero-order chi connectivity index (χ0) is 12.0. The average molecular weight is 250 g/mol. The van der Waals surface area contributed by atoms with Crippen molar-refractivity contribution in [3.8, 4) is 0 Å². The second-order valence-corrected chi connectivity index (χ2v) is 4.69. The summed E-state index contributed by atoms with van der Waals surface area (Å²) in [5.74, 6) is 0.0174. The van der Waals surface area contributed by atoms with Gasteiger partial charge < -0.3 is 4.90 Å². The normalized spacial score (nSPS) is 15.1. The number of hydrogen-bond acceptors (Lipinski definition) is 2. The van der Waals surface area contributed by atoms with Crippen molar-refractivity contribution in [2.75, 3.05) is 13.1 Å². The lowest BCUT2D eigenvalue weighted by Gasteiger charge is -2.31. The van der Waals surface area contributed by atoms with Crippen molar-refractivity contribution in [2.45, 2.75) is 13.3 Å². The van der Waals surface area contributed by atoms with E-state index in [1.807, 2.05) is 17.9 Å². The molecular formula is C12H12ClN3O. The fourth-order valence-corrected chi connectivity index (χ4v) is 2.45. The van der Waals surface area contributed by atoms with Crippen LogP contribution >= 0.6 is 11.6 Å². The highest BCUT2D eigenvalue weighted by Crippen LogP contribution is 2.30. The lowest BCUT2D eigenvalue weighted by molar-refractivity contribution is 0.0652.